The topological polar surface area (TPSA) is 46.5 Å². The highest BCUT2D eigenvalue weighted by Gasteiger charge is 2.05. The highest BCUT2D eigenvalue weighted by molar-refractivity contribution is 9.10. The molecule has 1 N–H and O–H groups in total. The average Bonchev–Trinajstić information content (AvgIpc) is 2.17. The van der Waals surface area contributed by atoms with Crippen LogP contribution in [0.5, 0.6) is 5.75 Å². The molecule has 0 bridgehead atoms. The molecule has 0 spiro atoms. The van der Waals surface area contributed by atoms with Gasteiger partial charge < -0.3 is 9.84 Å². The van der Waals surface area contributed by atoms with E-state index < -0.39 is 0 Å². The fourth-order valence-electron chi connectivity index (χ4n) is 1.13. The Morgan fingerprint density at radius 3 is 2.80 bits per heavy atom. The molecule has 3 nitrogen and oxygen atoms in total. The minimum absolute atomic E-state index is 0.0174. The van der Waals surface area contributed by atoms with Crippen molar-refractivity contribution in [2.24, 2.45) is 0 Å². The fraction of sp³-hybridized carbons (Fsp3) is 0.364. The van der Waals surface area contributed by atoms with E-state index in [9.17, 15) is 4.79 Å². The number of carbonyl (C=O) groups excluding carboxylic acids is 1. The maximum Gasteiger partial charge on any atom is 0.160 e. The number of carbonyl (C=O) groups is 1. The van der Waals surface area contributed by atoms with Crippen LogP contribution >= 0.6 is 15.9 Å². The van der Waals surface area contributed by atoms with Gasteiger partial charge in [-0.3, -0.25) is 4.79 Å². The number of aliphatic hydroxyl groups is 1. The second kappa shape index (κ2) is 5.88. The standard InChI is InChI=1S/C11H13BrO3/c1-8(14)10-4-3-9(7-11(10)12)15-6-2-5-13/h3-4,7,13H,2,5-6H2,1H3. The van der Waals surface area contributed by atoms with Crippen LogP contribution in [0.25, 0.3) is 0 Å². The first kappa shape index (κ1) is 12.2. The van der Waals surface area contributed by atoms with E-state index in [-0.39, 0.29) is 12.4 Å². The largest absolute Gasteiger partial charge is 0.493 e. The second-order valence-electron chi connectivity index (χ2n) is 3.12. The van der Waals surface area contributed by atoms with Crippen molar-refractivity contribution in [3.05, 3.63) is 28.2 Å². The normalized spacial score (nSPS) is 10.1. The van der Waals surface area contributed by atoms with Gasteiger partial charge >= 0.3 is 0 Å². The highest BCUT2D eigenvalue weighted by Crippen LogP contribution is 2.23. The molecule has 0 aliphatic carbocycles. The number of rotatable bonds is 5. The molecule has 1 aromatic carbocycles. The molecule has 4 heteroatoms. The Morgan fingerprint density at radius 2 is 2.27 bits per heavy atom. The molecule has 1 rings (SSSR count). The van der Waals surface area contributed by atoms with Crippen LogP contribution in [0.15, 0.2) is 22.7 Å². The summed E-state index contributed by atoms with van der Waals surface area (Å²) in [5.74, 6) is 0.712. The van der Waals surface area contributed by atoms with Gasteiger partial charge in [0.2, 0.25) is 0 Å². The number of benzene rings is 1. The van der Waals surface area contributed by atoms with Gasteiger partial charge in [0.05, 0.1) is 6.61 Å². The van der Waals surface area contributed by atoms with Crippen LogP contribution in [-0.2, 0) is 0 Å². The Kier molecular flexibility index (Phi) is 4.78. The molecule has 0 aromatic heterocycles. The van der Waals surface area contributed by atoms with Gasteiger partial charge in [-0.1, -0.05) is 0 Å². The van der Waals surface area contributed by atoms with E-state index >= 15 is 0 Å². The zero-order valence-electron chi connectivity index (χ0n) is 8.50. The van der Waals surface area contributed by atoms with Crippen molar-refractivity contribution in [2.75, 3.05) is 13.2 Å². The van der Waals surface area contributed by atoms with Crippen LogP contribution in [0.2, 0.25) is 0 Å². The summed E-state index contributed by atoms with van der Waals surface area (Å²) < 4.78 is 6.09. The summed E-state index contributed by atoms with van der Waals surface area (Å²) in [5.41, 5.74) is 0.643. The first-order chi connectivity index (χ1) is 7.15. The summed E-state index contributed by atoms with van der Waals surface area (Å²) in [5, 5.41) is 8.58. The number of Topliss-reactive ketones (excluding diaryl/α,β-unsaturated/α-hetero) is 1. The Balaban J connectivity index is 2.69. The lowest BCUT2D eigenvalue weighted by molar-refractivity contribution is 0.101. The van der Waals surface area contributed by atoms with Crippen molar-refractivity contribution in [2.45, 2.75) is 13.3 Å². The first-order valence-electron chi connectivity index (χ1n) is 4.69. The summed E-state index contributed by atoms with van der Waals surface area (Å²) in [6, 6.07) is 5.23. The van der Waals surface area contributed by atoms with Crippen LogP contribution in [0, 0.1) is 0 Å². The van der Waals surface area contributed by atoms with Crippen molar-refractivity contribution < 1.29 is 14.6 Å². The summed E-state index contributed by atoms with van der Waals surface area (Å²) in [7, 11) is 0. The molecule has 0 saturated heterocycles. The first-order valence-corrected chi connectivity index (χ1v) is 5.48. The molecule has 0 heterocycles. The lowest BCUT2D eigenvalue weighted by atomic mass is 10.1. The quantitative estimate of drug-likeness (QED) is 0.662. The molecule has 0 saturated carbocycles. The molecule has 0 fully saturated rings. The SMILES string of the molecule is CC(=O)c1ccc(OCCCO)cc1Br. The van der Waals surface area contributed by atoms with E-state index in [1.54, 1.807) is 18.2 Å². The number of halogens is 1. The molecular formula is C11H13BrO3. The van der Waals surface area contributed by atoms with E-state index in [1.165, 1.54) is 6.92 Å². The van der Waals surface area contributed by atoms with Crippen molar-refractivity contribution in [3.8, 4) is 5.75 Å². The van der Waals surface area contributed by atoms with Crippen LogP contribution < -0.4 is 4.74 Å². The number of ether oxygens (including phenoxy) is 1. The maximum absolute atomic E-state index is 11.1. The fourth-order valence-corrected chi connectivity index (χ4v) is 1.76. The van der Waals surface area contributed by atoms with Crippen LogP contribution in [0.3, 0.4) is 0 Å². The smallest absolute Gasteiger partial charge is 0.160 e. The summed E-state index contributed by atoms with van der Waals surface area (Å²) in [4.78, 5) is 11.1. The molecule has 0 radical (unpaired) electrons. The van der Waals surface area contributed by atoms with Gasteiger partial charge in [0, 0.05) is 23.1 Å². The number of hydrogen-bond donors (Lipinski definition) is 1. The Hall–Kier alpha value is -0.870. The molecule has 0 aliphatic rings. The van der Waals surface area contributed by atoms with Gasteiger partial charge in [-0.25, -0.2) is 0 Å². The lowest BCUT2D eigenvalue weighted by Crippen LogP contribution is -2.00. The van der Waals surface area contributed by atoms with E-state index in [4.69, 9.17) is 9.84 Å². The molecule has 0 aliphatic heterocycles. The Morgan fingerprint density at radius 1 is 1.53 bits per heavy atom. The van der Waals surface area contributed by atoms with Gasteiger partial charge in [0.1, 0.15) is 5.75 Å². The van der Waals surface area contributed by atoms with Crippen LogP contribution in [0.1, 0.15) is 23.7 Å². The van der Waals surface area contributed by atoms with E-state index in [1.807, 2.05) is 0 Å². The van der Waals surface area contributed by atoms with Crippen molar-refractivity contribution in [1.82, 2.24) is 0 Å². The maximum atomic E-state index is 11.1. The van der Waals surface area contributed by atoms with Crippen molar-refractivity contribution in [3.63, 3.8) is 0 Å². The molecule has 0 amide bonds. The second-order valence-corrected chi connectivity index (χ2v) is 3.98. The zero-order valence-corrected chi connectivity index (χ0v) is 10.1. The van der Waals surface area contributed by atoms with Crippen LogP contribution in [-0.4, -0.2) is 24.1 Å². The van der Waals surface area contributed by atoms with E-state index in [0.717, 1.165) is 4.47 Å². The molecule has 0 atom stereocenters. The van der Waals surface area contributed by atoms with Gasteiger partial charge in [0.15, 0.2) is 5.78 Å². The third-order valence-corrected chi connectivity index (χ3v) is 2.55. The van der Waals surface area contributed by atoms with Crippen molar-refractivity contribution >= 4 is 21.7 Å². The summed E-state index contributed by atoms with van der Waals surface area (Å²) in [6.45, 7) is 2.11. The minimum Gasteiger partial charge on any atom is -0.493 e. The third-order valence-electron chi connectivity index (χ3n) is 1.89. The zero-order chi connectivity index (χ0) is 11.3. The van der Waals surface area contributed by atoms with Gasteiger partial charge in [-0.05, 0) is 41.1 Å². The number of hydrogen-bond acceptors (Lipinski definition) is 3. The lowest BCUT2D eigenvalue weighted by Gasteiger charge is -2.07. The van der Waals surface area contributed by atoms with Crippen molar-refractivity contribution in [1.29, 1.82) is 0 Å². The van der Waals surface area contributed by atoms with Gasteiger partial charge in [-0.15, -0.1) is 0 Å². The predicted octanol–water partition coefficient (Wildman–Crippen LogP) is 2.41. The third kappa shape index (κ3) is 3.64. The number of aliphatic hydroxyl groups excluding tert-OH is 1. The molecule has 82 valence electrons. The monoisotopic (exact) mass is 272 g/mol. The van der Waals surface area contributed by atoms with E-state index in [0.29, 0.717) is 24.3 Å². The molecular weight excluding hydrogens is 260 g/mol. The molecule has 15 heavy (non-hydrogen) atoms. The summed E-state index contributed by atoms with van der Waals surface area (Å²) in [6.07, 6.45) is 0.603. The van der Waals surface area contributed by atoms with E-state index in [2.05, 4.69) is 15.9 Å². The van der Waals surface area contributed by atoms with Gasteiger partial charge in [-0.2, -0.15) is 0 Å². The Bertz CT molecular complexity index is 350. The predicted molar refractivity (Wildman–Crippen MR) is 61.3 cm³/mol. The number of ketones is 1. The summed E-state index contributed by atoms with van der Waals surface area (Å²) >= 11 is 3.31. The van der Waals surface area contributed by atoms with Crippen LogP contribution in [0.4, 0.5) is 0 Å². The molecule has 1 aromatic rings. The minimum atomic E-state index is 0.0174. The molecule has 0 unspecified atom stereocenters. The Labute approximate surface area is 97.2 Å². The average molecular weight is 273 g/mol. The van der Waals surface area contributed by atoms with Gasteiger partial charge in [0.25, 0.3) is 0 Å². The highest BCUT2D eigenvalue weighted by atomic mass is 79.9.